The second-order valence-electron chi connectivity index (χ2n) is 6.57. The molecule has 2 aromatic rings. The lowest BCUT2D eigenvalue weighted by Gasteiger charge is -2.20. The quantitative estimate of drug-likeness (QED) is 0.654. The summed E-state index contributed by atoms with van der Waals surface area (Å²) in [6.07, 6.45) is 0. The van der Waals surface area contributed by atoms with Crippen LogP contribution in [-0.2, 0) is 4.79 Å². The molecule has 1 aromatic carbocycles. The van der Waals surface area contributed by atoms with Gasteiger partial charge < -0.3 is 19.7 Å². The molecule has 1 atom stereocenters. The first kappa shape index (κ1) is 22.4. The molecule has 0 aliphatic rings. The van der Waals surface area contributed by atoms with Crippen molar-refractivity contribution in [3.05, 3.63) is 40.7 Å². The Kier molecular flexibility index (Phi) is 8.21. The molecule has 29 heavy (non-hydrogen) atoms. The van der Waals surface area contributed by atoms with Gasteiger partial charge in [-0.2, -0.15) is 5.10 Å². The number of nitrogens with one attached hydrogen (secondary N) is 1. The van der Waals surface area contributed by atoms with E-state index >= 15 is 0 Å². The highest BCUT2D eigenvalue weighted by molar-refractivity contribution is 5.79. The van der Waals surface area contributed by atoms with Crippen LogP contribution < -0.4 is 20.3 Å². The molecule has 0 spiro atoms. The number of ether oxygens (including phenoxy) is 2. The van der Waals surface area contributed by atoms with Crippen molar-refractivity contribution in [3.8, 4) is 22.8 Å². The van der Waals surface area contributed by atoms with Crippen LogP contribution in [0.25, 0.3) is 11.3 Å². The van der Waals surface area contributed by atoms with Crippen molar-refractivity contribution in [3.63, 3.8) is 0 Å². The monoisotopic (exact) mass is 402 g/mol. The number of likely N-dealkylation sites (N-methyl/N-ethyl adjacent to an activating group) is 1. The Bertz CT molecular complexity index is 860. The fourth-order valence-corrected chi connectivity index (χ4v) is 2.97. The van der Waals surface area contributed by atoms with Gasteiger partial charge in [0.25, 0.3) is 5.56 Å². The Morgan fingerprint density at radius 2 is 1.83 bits per heavy atom. The Hall–Kier alpha value is -2.87. The van der Waals surface area contributed by atoms with Crippen LogP contribution in [0.5, 0.6) is 11.5 Å². The largest absolute Gasteiger partial charge is 0.497 e. The lowest BCUT2D eigenvalue weighted by Crippen LogP contribution is -2.40. The van der Waals surface area contributed by atoms with Gasteiger partial charge in [0.15, 0.2) is 5.75 Å². The van der Waals surface area contributed by atoms with Crippen molar-refractivity contribution in [2.24, 2.45) is 0 Å². The van der Waals surface area contributed by atoms with E-state index in [4.69, 9.17) is 9.47 Å². The van der Waals surface area contributed by atoms with Crippen LogP contribution in [0.2, 0.25) is 0 Å². The smallest absolute Gasteiger partial charge is 0.271 e. The standard InChI is InChI=1S/C21H30N4O4/c1-6-24(7-2)13-12-22-21(27)15(3)25-19(26)14-18(29-5)20(23-25)16-8-10-17(28-4)11-9-16/h8-11,14-15H,6-7,12-13H2,1-5H3,(H,22,27). The van der Waals surface area contributed by atoms with Gasteiger partial charge >= 0.3 is 0 Å². The number of methoxy groups -OCH3 is 2. The van der Waals surface area contributed by atoms with Crippen molar-refractivity contribution in [2.75, 3.05) is 40.4 Å². The number of hydrogen-bond acceptors (Lipinski definition) is 6. The molecule has 8 heteroatoms. The van der Waals surface area contributed by atoms with Gasteiger partial charge in [-0.25, -0.2) is 4.68 Å². The second-order valence-corrected chi connectivity index (χ2v) is 6.57. The molecule has 0 bridgehead atoms. The fraction of sp³-hybridized carbons (Fsp3) is 0.476. The third-order valence-corrected chi connectivity index (χ3v) is 4.87. The summed E-state index contributed by atoms with van der Waals surface area (Å²) >= 11 is 0. The lowest BCUT2D eigenvalue weighted by molar-refractivity contribution is -0.124. The summed E-state index contributed by atoms with van der Waals surface area (Å²) in [6.45, 7) is 8.93. The number of nitrogens with zero attached hydrogens (tertiary/aromatic N) is 3. The fourth-order valence-electron chi connectivity index (χ4n) is 2.97. The Morgan fingerprint density at radius 3 is 2.38 bits per heavy atom. The van der Waals surface area contributed by atoms with Crippen molar-refractivity contribution in [1.29, 1.82) is 0 Å². The molecule has 0 saturated carbocycles. The number of hydrogen-bond donors (Lipinski definition) is 1. The minimum atomic E-state index is -0.748. The van der Waals surface area contributed by atoms with Crippen molar-refractivity contribution in [2.45, 2.75) is 26.8 Å². The summed E-state index contributed by atoms with van der Waals surface area (Å²) in [4.78, 5) is 27.3. The maximum Gasteiger partial charge on any atom is 0.271 e. The predicted octanol–water partition coefficient (Wildman–Crippen LogP) is 1.95. The first-order valence-electron chi connectivity index (χ1n) is 9.77. The molecule has 0 aliphatic heterocycles. The van der Waals surface area contributed by atoms with Crippen LogP contribution >= 0.6 is 0 Å². The van der Waals surface area contributed by atoms with Crippen LogP contribution in [0.4, 0.5) is 0 Å². The molecule has 1 heterocycles. The van der Waals surface area contributed by atoms with Gasteiger partial charge in [0, 0.05) is 24.7 Å². The van der Waals surface area contributed by atoms with Crippen LogP contribution in [0, 0.1) is 0 Å². The summed E-state index contributed by atoms with van der Waals surface area (Å²) < 4.78 is 11.7. The molecule has 1 aromatic heterocycles. The van der Waals surface area contributed by atoms with E-state index in [2.05, 4.69) is 29.2 Å². The lowest BCUT2D eigenvalue weighted by atomic mass is 10.1. The number of rotatable bonds is 10. The average Bonchev–Trinajstić information content (AvgIpc) is 2.76. The first-order valence-corrected chi connectivity index (χ1v) is 9.77. The summed E-state index contributed by atoms with van der Waals surface area (Å²) in [5.41, 5.74) is 0.841. The molecule has 1 unspecified atom stereocenters. The van der Waals surface area contributed by atoms with Crippen LogP contribution in [0.15, 0.2) is 35.1 Å². The molecule has 0 fully saturated rings. The molecule has 1 amide bonds. The summed E-state index contributed by atoms with van der Waals surface area (Å²) in [5, 5.41) is 7.31. The average molecular weight is 402 g/mol. The molecule has 2 rings (SSSR count). The third-order valence-electron chi connectivity index (χ3n) is 4.87. The minimum absolute atomic E-state index is 0.252. The molecule has 158 valence electrons. The number of aromatic nitrogens is 2. The minimum Gasteiger partial charge on any atom is -0.497 e. The van der Waals surface area contributed by atoms with Gasteiger partial charge in [0.2, 0.25) is 5.91 Å². The third kappa shape index (κ3) is 5.57. The van der Waals surface area contributed by atoms with Gasteiger partial charge in [-0.1, -0.05) is 13.8 Å². The zero-order chi connectivity index (χ0) is 21.4. The van der Waals surface area contributed by atoms with E-state index in [1.807, 2.05) is 12.1 Å². The molecular formula is C21H30N4O4. The van der Waals surface area contributed by atoms with E-state index in [0.29, 0.717) is 23.7 Å². The van der Waals surface area contributed by atoms with Gasteiger partial charge in [-0.05, 0) is 44.3 Å². The van der Waals surface area contributed by atoms with Crippen LogP contribution in [0.3, 0.4) is 0 Å². The molecule has 8 nitrogen and oxygen atoms in total. The Labute approximate surface area is 171 Å². The highest BCUT2D eigenvalue weighted by Gasteiger charge is 2.20. The van der Waals surface area contributed by atoms with E-state index in [1.165, 1.54) is 17.9 Å². The maximum atomic E-state index is 12.6. The van der Waals surface area contributed by atoms with Gasteiger partial charge in [-0.15, -0.1) is 0 Å². The first-order chi connectivity index (χ1) is 13.9. The SMILES string of the molecule is CCN(CC)CCNC(=O)C(C)n1nc(-c2ccc(OC)cc2)c(OC)cc1=O. The Morgan fingerprint density at radius 1 is 1.17 bits per heavy atom. The highest BCUT2D eigenvalue weighted by atomic mass is 16.5. The molecular weight excluding hydrogens is 372 g/mol. The summed E-state index contributed by atoms with van der Waals surface area (Å²) in [5.74, 6) is 0.810. The predicted molar refractivity (Wildman–Crippen MR) is 113 cm³/mol. The number of benzene rings is 1. The van der Waals surface area contributed by atoms with Gasteiger partial charge in [-0.3, -0.25) is 9.59 Å². The topological polar surface area (TPSA) is 85.7 Å². The van der Waals surface area contributed by atoms with Gasteiger partial charge in [0.05, 0.1) is 14.2 Å². The number of amides is 1. The zero-order valence-electron chi connectivity index (χ0n) is 17.8. The van der Waals surface area contributed by atoms with E-state index < -0.39 is 11.6 Å². The summed E-state index contributed by atoms with van der Waals surface area (Å²) in [7, 11) is 3.08. The number of carbonyl (C=O) groups is 1. The van der Waals surface area contributed by atoms with Crippen LogP contribution in [-0.4, -0.2) is 61.0 Å². The van der Waals surface area contributed by atoms with Crippen LogP contribution in [0.1, 0.15) is 26.8 Å². The van der Waals surface area contributed by atoms with Gasteiger partial charge in [0.1, 0.15) is 17.5 Å². The summed E-state index contributed by atoms with van der Waals surface area (Å²) in [6, 6.07) is 7.86. The molecule has 0 radical (unpaired) electrons. The van der Waals surface area contributed by atoms with Crippen molar-refractivity contribution < 1.29 is 14.3 Å². The molecule has 0 aliphatic carbocycles. The zero-order valence-corrected chi connectivity index (χ0v) is 17.8. The molecule has 0 saturated heterocycles. The van der Waals surface area contributed by atoms with Crippen molar-refractivity contribution in [1.82, 2.24) is 20.0 Å². The van der Waals surface area contributed by atoms with E-state index in [-0.39, 0.29) is 5.91 Å². The van der Waals surface area contributed by atoms with E-state index in [1.54, 1.807) is 26.2 Å². The van der Waals surface area contributed by atoms with E-state index in [0.717, 1.165) is 25.2 Å². The van der Waals surface area contributed by atoms with Crippen molar-refractivity contribution >= 4 is 5.91 Å². The maximum absolute atomic E-state index is 12.6. The highest BCUT2D eigenvalue weighted by Crippen LogP contribution is 2.28. The van der Waals surface area contributed by atoms with E-state index in [9.17, 15) is 9.59 Å². The second kappa shape index (κ2) is 10.6. The number of carbonyl (C=O) groups excluding carboxylic acids is 1. The molecule has 1 N–H and O–H groups in total. The normalized spacial score (nSPS) is 11.9. The Balaban J connectivity index is 2.25.